The summed E-state index contributed by atoms with van der Waals surface area (Å²) in [7, 11) is 1.52. The van der Waals surface area contributed by atoms with Crippen molar-refractivity contribution in [1.29, 1.82) is 0 Å². The summed E-state index contributed by atoms with van der Waals surface area (Å²) < 4.78 is 16.7. The molecule has 0 aromatic heterocycles. The number of hydrogen-bond acceptors (Lipinski definition) is 9. The molecule has 2 aromatic rings. The number of benzene rings is 2. The maximum atomic E-state index is 13.3. The van der Waals surface area contributed by atoms with E-state index in [1.54, 1.807) is 42.1 Å². The molecule has 3 rings (SSSR count). The van der Waals surface area contributed by atoms with Crippen LogP contribution in [0.15, 0.2) is 88.4 Å². The number of allylic oxidation sites excluding steroid dienone is 5. The summed E-state index contributed by atoms with van der Waals surface area (Å²) in [6.45, 7) is 14.6. The van der Waals surface area contributed by atoms with E-state index in [1.807, 2.05) is 18.2 Å². The van der Waals surface area contributed by atoms with Crippen molar-refractivity contribution in [2.24, 2.45) is 0 Å². The number of methoxy groups -OCH3 is 1. The monoisotopic (exact) mass is 704 g/mol. The zero-order chi connectivity index (χ0) is 36.1. The van der Waals surface area contributed by atoms with Crippen molar-refractivity contribution >= 4 is 29.8 Å². The van der Waals surface area contributed by atoms with Gasteiger partial charge in [0, 0.05) is 56.0 Å². The molecule has 2 aromatic carbocycles. The number of carbonyl (C=O) groups is 2. The number of thioether (sulfide) groups is 1. The fraction of sp³-hybridized carbons (Fsp3) is 0.463. The average Bonchev–Trinajstić information content (AvgIpc) is 3.10. The molecule has 0 saturated carbocycles. The molecule has 8 nitrogen and oxygen atoms in total. The summed E-state index contributed by atoms with van der Waals surface area (Å²) in [4.78, 5) is 31.0. The molecular weight excluding hydrogens is 649 g/mol. The predicted molar refractivity (Wildman–Crippen MR) is 205 cm³/mol. The highest BCUT2D eigenvalue weighted by atomic mass is 32.2. The highest BCUT2D eigenvalue weighted by Gasteiger charge is 2.17. The number of aliphatic hydroxyl groups is 1. The number of carbonyl (C=O) groups excluding carboxylic acids is 2. The van der Waals surface area contributed by atoms with Crippen molar-refractivity contribution in [3.63, 3.8) is 0 Å². The van der Waals surface area contributed by atoms with Gasteiger partial charge in [-0.25, -0.2) is 9.59 Å². The predicted octanol–water partition coefficient (Wildman–Crippen LogP) is 7.98. The molecule has 50 heavy (non-hydrogen) atoms. The molecule has 9 heteroatoms. The second-order valence-electron chi connectivity index (χ2n) is 12.8. The molecule has 0 spiro atoms. The Bertz CT molecular complexity index is 1490. The number of aliphatic hydroxyl groups excluding tert-OH is 1. The summed E-state index contributed by atoms with van der Waals surface area (Å²) >= 11 is 1.61. The van der Waals surface area contributed by atoms with Crippen LogP contribution in [-0.4, -0.2) is 92.2 Å². The fourth-order valence-corrected chi connectivity index (χ4v) is 6.48. The fourth-order valence-electron chi connectivity index (χ4n) is 5.45. The summed E-state index contributed by atoms with van der Waals surface area (Å²) in [6, 6.07) is 12.6. The lowest BCUT2D eigenvalue weighted by Gasteiger charge is -2.34. The molecule has 272 valence electrons. The largest absolute Gasteiger partial charge is 0.493 e. The molecule has 1 heterocycles. The molecule has 1 fully saturated rings. The van der Waals surface area contributed by atoms with Gasteiger partial charge in [-0.1, -0.05) is 53.1 Å². The van der Waals surface area contributed by atoms with Gasteiger partial charge in [0.1, 0.15) is 0 Å². The van der Waals surface area contributed by atoms with Crippen LogP contribution in [0.3, 0.4) is 0 Å². The first-order valence-corrected chi connectivity index (χ1v) is 18.6. The minimum Gasteiger partial charge on any atom is -0.493 e. The van der Waals surface area contributed by atoms with Crippen molar-refractivity contribution in [2.75, 3.05) is 65.3 Å². The number of β-amino-alcohol motifs (C(OH)–C–C–N with tert-alkyl or cyclic N) is 1. The van der Waals surface area contributed by atoms with Crippen LogP contribution in [-0.2, 0) is 9.53 Å². The van der Waals surface area contributed by atoms with Crippen molar-refractivity contribution < 1.29 is 28.9 Å². The lowest BCUT2D eigenvalue weighted by molar-refractivity contribution is -0.137. The van der Waals surface area contributed by atoms with Gasteiger partial charge in [-0.3, -0.25) is 4.90 Å². The Morgan fingerprint density at radius 3 is 2.24 bits per heavy atom. The smallest absolute Gasteiger partial charge is 0.344 e. The quantitative estimate of drug-likeness (QED) is 0.0368. The number of nitrogens with zero attached hydrogens (tertiary/aromatic N) is 2. The van der Waals surface area contributed by atoms with Gasteiger partial charge in [-0.15, -0.1) is 11.8 Å². The van der Waals surface area contributed by atoms with Crippen molar-refractivity contribution in [1.82, 2.24) is 9.80 Å². The molecule has 1 saturated heterocycles. The number of hydrogen-bond donors (Lipinski definition) is 1. The third-order valence-corrected chi connectivity index (χ3v) is 9.45. The molecular formula is C41H56N2O6S. The van der Waals surface area contributed by atoms with Gasteiger partial charge in [0.25, 0.3) is 0 Å². The second-order valence-corrected chi connectivity index (χ2v) is 13.9. The van der Waals surface area contributed by atoms with E-state index in [1.165, 1.54) is 29.9 Å². The number of ether oxygens (including phenoxy) is 3. The second kappa shape index (κ2) is 23.0. The van der Waals surface area contributed by atoms with E-state index in [0.29, 0.717) is 29.2 Å². The molecule has 0 atom stereocenters. The zero-order valence-corrected chi connectivity index (χ0v) is 31.4. The Morgan fingerprint density at radius 1 is 0.860 bits per heavy atom. The standard InChI is InChI=1S/C41H56N2O6S/c1-32(2)11-8-12-33(3)13-9-14-34(4)21-30-50-39-16-7-6-15-36(39)41(46)49-37-19-17-35(31-38(37)47-5)18-20-40(45)48-29-10-22-42-23-25-43(26-24-42)27-28-44/h6-7,11,13,15-21,31,44H,8-10,12,14,22-30H2,1-5H3/b20-18+,33-13+,34-21+. The summed E-state index contributed by atoms with van der Waals surface area (Å²) in [6.07, 6.45) is 14.9. The van der Waals surface area contributed by atoms with E-state index in [2.05, 4.69) is 55.7 Å². The first kappa shape index (κ1) is 40.8. The Morgan fingerprint density at radius 2 is 1.54 bits per heavy atom. The van der Waals surface area contributed by atoms with Gasteiger partial charge in [0.15, 0.2) is 11.5 Å². The highest BCUT2D eigenvalue weighted by Crippen LogP contribution is 2.31. The van der Waals surface area contributed by atoms with Gasteiger partial charge in [-0.05, 0) is 95.7 Å². The zero-order valence-electron chi connectivity index (χ0n) is 30.6. The van der Waals surface area contributed by atoms with Crippen molar-refractivity contribution in [2.45, 2.75) is 64.7 Å². The van der Waals surface area contributed by atoms with Gasteiger partial charge >= 0.3 is 11.9 Å². The average molecular weight is 705 g/mol. The summed E-state index contributed by atoms with van der Waals surface area (Å²) in [5, 5.41) is 9.09. The van der Waals surface area contributed by atoms with Crippen LogP contribution in [0.4, 0.5) is 0 Å². The third kappa shape index (κ3) is 15.5. The van der Waals surface area contributed by atoms with Crippen molar-refractivity contribution in [3.05, 3.63) is 94.6 Å². The maximum absolute atomic E-state index is 13.3. The lowest BCUT2D eigenvalue weighted by atomic mass is 10.1. The van der Waals surface area contributed by atoms with Crippen LogP contribution >= 0.6 is 11.8 Å². The Balaban J connectivity index is 1.46. The van der Waals surface area contributed by atoms with E-state index >= 15 is 0 Å². The summed E-state index contributed by atoms with van der Waals surface area (Å²) in [5.74, 6) is 0.575. The first-order valence-electron chi connectivity index (χ1n) is 17.7. The Kier molecular flexibility index (Phi) is 18.7. The van der Waals surface area contributed by atoms with Gasteiger partial charge in [0.05, 0.1) is 25.9 Å². The van der Waals surface area contributed by atoms with Crippen LogP contribution < -0.4 is 9.47 Å². The molecule has 0 radical (unpaired) electrons. The Labute approximate surface area is 303 Å². The third-order valence-electron chi connectivity index (χ3n) is 8.45. The SMILES string of the molecule is COc1cc(/C=C/C(=O)OCCCN2CCN(CCO)CC2)ccc1OC(=O)c1ccccc1SC/C=C(\C)CC/C=C(\C)CCC=C(C)C. The van der Waals surface area contributed by atoms with Crippen LogP contribution in [0.1, 0.15) is 75.7 Å². The van der Waals surface area contributed by atoms with Crippen LogP contribution in [0.25, 0.3) is 6.08 Å². The minimum atomic E-state index is -0.459. The van der Waals surface area contributed by atoms with E-state index < -0.39 is 11.9 Å². The minimum absolute atomic E-state index is 0.192. The van der Waals surface area contributed by atoms with Gasteiger partial charge in [-0.2, -0.15) is 0 Å². The van der Waals surface area contributed by atoms with Crippen LogP contribution in [0, 0.1) is 0 Å². The highest BCUT2D eigenvalue weighted by molar-refractivity contribution is 7.99. The maximum Gasteiger partial charge on any atom is 0.344 e. The molecule has 0 amide bonds. The molecule has 0 aliphatic carbocycles. The summed E-state index contributed by atoms with van der Waals surface area (Å²) in [5.41, 5.74) is 5.34. The van der Waals surface area contributed by atoms with E-state index in [4.69, 9.17) is 19.3 Å². The molecule has 0 unspecified atom stereocenters. The normalized spacial score (nSPS) is 14.5. The van der Waals surface area contributed by atoms with Crippen LogP contribution in [0.2, 0.25) is 0 Å². The first-order chi connectivity index (χ1) is 24.2. The molecule has 1 N–H and O–H groups in total. The van der Waals surface area contributed by atoms with Crippen LogP contribution in [0.5, 0.6) is 11.5 Å². The van der Waals surface area contributed by atoms with Crippen molar-refractivity contribution in [3.8, 4) is 11.5 Å². The molecule has 1 aliphatic heterocycles. The van der Waals surface area contributed by atoms with E-state index in [9.17, 15) is 9.59 Å². The van der Waals surface area contributed by atoms with Gasteiger partial charge < -0.3 is 24.2 Å². The topological polar surface area (TPSA) is 88.5 Å². The molecule has 0 bridgehead atoms. The molecule has 1 aliphatic rings. The van der Waals surface area contributed by atoms with E-state index in [0.717, 1.165) is 82.0 Å². The Hall–Kier alpha value is -3.63. The number of piperazine rings is 1. The lowest BCUT2D eigenvalue weighted by Crippen LogP contribution is -2.47. The number of rotatable bonds is 20. The van der Waals surface area contributed by atoms with Gasteiger partial charge in [0.2, 0.25) is 0 Å². The number of esters is 2. The van der Waals surface area contributed by atoms with E-state index in [-0.39, 0.29) is 6.61 Å².